The molecule has 1 saturated heterocycles. The minimum atomic E-state index is 0.120. The molecule has 1 aromatic rings. The third-order valence-electron chi connectivity index (χ3n) is 4.26. The smallest absolute Gasteiger partial charge is 0.246 e. The Morgan fingerprint density at radius 3 is 2.70 bits per heavy atom. The zero-order valence-electron chi connectivity index (χ0n) is 13.6. The molecule has 3 rings (SSSR count). The lowest BCUT2D eigenvalue weighted by atomic mass is 10.1. The zero-order chi connectivity index (χ0) is 16.1. The molecule has 2 aliphatic rings. The fourth-order valence-electron chi connectivity index (χ4n) is 2.88. The van der Waals surface area contributed by atoms with Gasteiger partial charge in [-0.25, -0.2) is 0 Å². The number of fused-ring (bicyclic) bond motifs is 1. The average Bonchev–Trinajstić information content (AvgIpc) is 3.06. The lowest BCUT2D eigenvalue weighted by Gasteiger charge is -2.25. The molecule has 0 aliphatic carbocycles. The maximum absolute atomic E-state index is 12.2. The van der Waals surface area contributed by atoms with Crippen LogP contribution in [0.2, 0.25) is 0 Å². The second kappa shape index (κ2) is 7.36. The van der Waals surface area contributed by atoms with Crippen LogP contribution in [-0.4, -0.2) is 30.7 Å². The summed E-state index contributed by atoms with van der Waals surface area (Å²) in [6.07, 6.45) is 10.1. The van der Waals surface area contributed by atoms with Gasteiger partial charge >= 0.3 is 0 Å². The number of carbonyl (C=O) groups is 1. The molecule has 1 aromatic carbocycles. The highest BCUT2D eigenvalue weighted by molar-refractivity contribution is 5.88. The molecule has 1 fully saturated rings. The standard InChI is InChI=1S/C19H23NO3/c1-2-15(7-9-19(21)20-10-4-3-5-11-20)12-16-6-8-17-18(13-16)23-14-22-17/h6-9,12-13H,2-5,10-11,14H2,1H3/b9-7+,15-12+. The van der Waals surface area contributed by atoms with E-state index in [9.17, 15) is 4.79 Å². The first-order valence-corrected chi connectivity index (χ1v) is 8.33. The number of benzene rings is 1. The van der Waals surface area contributed by atoms with Crippen LogP contribution in [0.25, 0.3) is 6.08 Å². The Morgan fingerprint density at radius 1 is 1.13 bits per heavy atom. The van der Waals surface area contributed by atoms with Crippen molar-refractivity contribution in [2.75, 3.05) is 19.9 Å². The Bertz CT molecular complexity index is 628. The van der Waals surface area contributed by atoms with Crippen LogP contribution in [0.3, 0.4) is 0 Å². The van der Waals surface area contributed by atoms with Crippen molar-refractivity contribution in [1.82, 2.24) is 4.90 Å². The number of allylic oxidation sites excluding steroid dienone is 2. The molecule has 23 heavy (non-hydrogen) atoms. The van der Waals surface area contributed by atoms with Crippen molar-refractivity contribution in [2.24, 2.45) is 0 Å². The molecule has 4 heteroatoms. The van der Waals surface area contributed by atoms with Gasteiger partial charge in [-0.3, -0.25) is 4.79 Å². The van der Waals surface area contributed by atoms with Crippen molar-refractivity contribution in [3.8, 4) is 11.5 Å². The molecule has 0 atom stereocenters. The number of ether oxygens (including phenoxy) is 2. The molecule has 0 unspecified atom stereocenters. The van der Waals surface area contributed by atoms with Gasteiger partial charge < -0.3 is 14.4 Å². The summed E-state index contributed by atoms with van der Waals surface area (Å²) in [5, 5.41) is 0. The summed E-state index contributed by atoms with van der Waals surface area (Å²) < 4.78 is 10.7. The van der Waals surface area contributed by atoms with Crippen molar-refractivity contribution in [1.29, 1.82) is 0 Å². The fraction of sp³-hybridized carbons (Fsp3) is 0.421. The third-order valence-corrected chi connectivity index (χ3v) is 4.26. The summed E-state index contributed by atoms with van der Waals surface area (Å²) in [6.45, 7) is 4.15. The summed E-state index contributed by atoms with van der Waals surface area (Å²) in [4.78, 5) is 14.1. The van der Waals surface area contributed by atoms with Gasteiger partial charge in [0.2, 0.25) is 12.7 Å². The minimum Gasteiger partial charge on any atom is -0.454 e. The molecule has 2 aliphatic heterocycles. The van der Waals surface area contributed by atoms with E-state index in [1.54, 1.807) is 6.08 Å². The van der Waals surface area contributed by atoms with Gasteiger partial charge in [0.15, 0.2) is 11.5 Å². The lowest BCUT2D eigenvalue weighted by Crippen LogP contribution is -2.34. The van der Waals surface area contributed by atoms with E-state index in [1.807, 2.05) is 29.2 Å². The van der Waals surface area contributed by atoms with Gasteiger partial charge in [-0.05, 0) is 49.0 Å². The number of hydrogen-bond acceptors (Lipinski definition) is 3. The first-order chi connectivity index (χ1) is 11.3. The number of likely N-dealkylation sites (tertiary alicyclic amines) is 1. The number of nitrogens with zero attached hydrogens (tertiary/aromatic N) is 1. The normalized spacial score (nSPS) is 17.8. The largest absolute Gasteiger partial charge is 0.454 e. The van der Waals surface area contributed by atoms with Gasteiger partial charge in [-0.2, -0.15) is 0 Å². The number of carbonyl (C=O) groups excluding carboxylic acids is 1. The van der Waals surface area contributed by atoms with E-state index in [4.69, 9.17) is 9.47 Å². The Kier molecular flexibility index (Phi) is 5.01. The van der Waals surface area contributed by atoms with Crippen molar-refractivity contribution in [3.63, 3.8) is 0 Å². The van der Waals surface area contributed by atoms with Crippen molar-refractivity contribution in [2.45, 2.75) is 32.6 Å². The van der Waals surface area contributed by atoms with E-state index in [1.165, 1.54) is 6.42 Å². The van der Waals surface area contributed by atoms with Crippen molar-refractivity contribution in [3.05, 3.63) is 41.5 Å². The summed E-state index contributed by atoms with van der Waals surface area (Å²) in [7, 11) is 0. The van der Waals surface area contributed by atoms with E-state index >= 15 is 0 Å². The Balaban J connectivity index is 1.69. The fourth-order valence-corrected chi connectivity index (χ4v) is 2.88. The first-order valence-electron chi connectivity index (χ1n) is 8.33. The SMILES string of the molecule is CCC(/C=C/C(=O)N1CCCCC1)=C\c1ccc2c(c1)OCO2. The van der Waals surface area contributed by atoms with Gasteiger partial charge in [0.25, 0.3) is 0 Å². The third kappa shape index (κ3) is 3.95. The molecular weight excluding hydrogens is 290 g/mol. The van der Waals surface area contributed by atoms with Crippen LogP contribution >= 0.6 is 0 Å². The van der Waals surface area contributed by atoms with E-state index < -0.39 is 0 Å². The zero-order valence-corrected chi connectivity index (χ0v) is 13.6. The summed E-state index contributed by atoms with van der Waals surface area (Å²) in [5.74, 6) is 1.69. The highest BCUT2D eigenvalue weighted by Gasteiger charge is 2.14. The van der Waals surface area contributed by atoms with Crippen molar-refractivity contribution < 1.29 is 14.3 Å². The van der Waals surface area contributed by atoms with Crippen LogP contribution in [0.5, 0.6) is 11.5 Å². The Labute approximate surface area is 137 Å². The predicted molar refractivity (Wildman–Crippen MR) is 90.4 cm³/mol. The van der Waals surface area contributed by atoms with Gasteiger partial charge in [-0.1, -0.05) is 25.1 Å². The highest BCUT2D eigenvalue weighted by Crippen LogP contribution is 2.33. The molecule has 0 saturated carbocycles. The number of rotatable bonds is 4. The van der Waals surface area contributed by atoms with Crippen LogP contribution in [0.15, 0.2) is 35.9 Å². The number of piperidine rings is 1. The van der Waals surface area contributed by atoms with Gasteiger partial charge in [-0.15, -0.1) is 0 Å². The molecule has 0 spiro atoms. The molecular formula is C19H23NO3. The molecule has 1 amide bonds. The minimum absolute atomic E-state index is 0.120. The summed E-state index contributed by atoms with van der Waals surface area (Å²) in [5.41, 5.74) is 2.18. The molecule has 0 bridgehead atoms. The molecule has 122 valence electrons. The molecule has 0 radical (unpaired) electrons. The monoisotopic (exact) mass is 313 g/mol. The average molecular weight is 313 g/mol. The number of amides is 1. The Morgan fingerprint density at radius 2 is 1.91 bits per heavy atom. The summed E-state index contributed by atoms with van der Waals surface area (Å²) >= 11 is 0. The van der Waals surface area contributed by atoms with Crippen LogP contribution < -0.4 is 9.47 Å². The van der Waals surface area contributed by atoms with Gasteiger partial charge in [0.1, 0.15) is 0 Å². The van der Waals surface area contributed by atoms with Crippen molar-refractivity contribution >= 4 is 12.0 Å². The van der Waals surface area contributed by atoms with Crippen LogP contribution in [-0.2, 0) is 4.79 Å². The quantitative estimate of drug-likeness (QED) is 0.627. The predicted octanol–water partition coefficient (Wildman–Crippen LogP) is 3.78. The van der Waals surface area contributed by atoms with Gasteiger partial charge in [0.05, 0.1) is 0 Å². The van der Waals surface area contributed by atoms with Gasteiger partial charge in [0, 0.05) is 19.2 Å². The van der Waals surface area contributed by atoms with E-state index in [0.29, 0.717) is 0 Å². The molecule has 4 nitrogen and oxygen atoms in total. The lowest BCUT2D eigenvalue weighted by molar-refractivity contribution is -0.126. The first kappa shape index (κ1) is 15.7. The van der Waals surface area contributed by atoms with Crippen LogP contribution in [0, 0.1) is 0 Å². The second-order valence-electron chi connectivity index (χ2n) is 5.90. The maximum Gasteiger partial charge on any atom is 0.246 e. The highest BCUT2D eigenvalue weighted by atomic mass is 16.7. The van der Waals surface area contributed by atoms with E-state index in [2.05, 4.69) is 13.0 Å². The topological polar surface area (TPSA) is 38.8 Å². The van der Waals surface area contributed by atoms with E-state index in [-0.39, 0.29) is 12.7 Å². The molecule has 0 aromatic heterocycles. The number of hydrogen-bond donors (Lipinski definition) is 0. The summed E-state index contributed by atoms with van der Waals surface area (Å²) in [6, 6.07) is 5.89. The van der Waals surface area contributed by atoms with Crippen LogP contribution in [0.1, 0.15) is 38.2 Å². The Hall–Kier alpha value is -2.23. The van der Waals surface area contributed by atoms with E-state index in [0.717, 1.165) is 55.0 Å². The molecule has 2 heterocycles. The maximum atomic E-state index is 12.2. The molecule has 0 N–H and O–H groups in total. The second-order valence-corrected chi connectivity index (χ2v) is 5.90. The van der Waals surface area contributed by atoms with Crippen LogP contribution in [0.4, 0.5) is 0 Å².